The first-order chi connectivity index (χ1) is 10.4. The maximum absolute atomic E-state index is 12.8. The summed E-state index contributed by atoms with van der Waals surface area (Å²) < 4.78 is 31.7. The van der Waals surface area contributed by atoms with Gasteiger partial charge in [-0.25, -0.2) is 13.2 Å². The molecule has 1 aromatic carbocycles. The Morgan fingerprint density at radius 3 is 2.43 bits per heavy atom. The highest BCUT2D eigenvalue weighted by Gasteiger charge is 2.30. The number of nitrogens with one attached hydrogen (secondary N) is 1. The van der Waals surface area contributed by atoms with Gasteiger partial charge in [-0.15, -0.1) is 12.4 Å². The van der Waals surface area contributed by atoms with Crippen molar-refractivity contribution >= 4 is 28.4 Å². The minimum absolute atomic E-state index is 0. The van der Waals surface area contributed by atoms with Crippen molar-refractivity contribution in [2.24, 2.45) is 0 Å². The summed E-state index contributed by atoms with van der Waals surface area (Å²) in [6.07, 6.45) is 1.60. The van der Waals surface area contributed by atoms with Crippen molar-refractivity contribution in [2.45, 2.75) is 30.7 Å². The molecular formula is C15H23ClN2O4S. The van der Waals surface area contributed by atoms with Crippen molar-refractivity contribution in [1.29, 1.82) is 0 Å². The number of nitrogens with zero attached hydrogens (tertiary/aromatic N) is 1. The van der Waals surface area contributed by atoms with Gasteiger partial charge in [0.1, 0.15) is 0 Å². The Balaban J connectivity index is 0.00000264. The summed E-state index contributed by atoms with van der Waals surface area (Å²) in [5.74, 6) is -0.473. The lowest BCUT2D eigenvalue weighted by Crippen LogP contribution is -2.44. The fourth-order valence-electron chi connectivity index (χ4n) is 2.71. The van der Waals surface area contributed by atoms with Gasteiger partial charge >= 0.3 is 5.97 Å². The fraction of sp³-hybridized carbons (Fsp3) is 0.533. The third-order valence-corrected chi connectivity index (χ3v) is 6.15. The highest BCUT2D eigenvalue weighted by Crippen LogP contribution is 2.24. The molecule has 1 fully saturated rings. The molecule has 0 spiro atoms. The highest BCUT2D eigenvalue weighted by molar-refractivity contribution is 7.89. The number of aryl methyl sites for hydroxylation is 1. The van der Waals surface area contributed by atoms with Gasteiger partial charge < -0.3 is 10.1 Å². The predicted octanol–water partition coefficient (Wildman–Crippen LogP) is 1.58. The Bertz CT molecular complexity index is 657. The van der Waals surface area contributed by atoms with E-state index in [1.165, 1.54) is 23.5 Å². The smallest absolute Gasteiger partial charge is 0.337 e. The molecule has 0 unspecified atom stereocenters. The van der Waals surface area contributed by atoms with Crippen molar-refractivity contribution in [1.82, 2.24) is 9.62 Å². The highest BCUT2D eigenvalue weighted by atomic mass is 35.5. The van der Waals surface area contributed by atoms with Gasteiger partial charge in [-0.2, -0.15) is 4.31 Å². The van der Waals surface area contributed by atoms with Gasteiger partial charge in [-0.3, -0.25) is 0 Å². The summed E-state index contributed by atoms with van der Waals surface area (Å²) in [5, 5.41) is 3.23. The van der Waals surface area contributed by atoms with E-state index >= 15 is 0 Å². The Hall–Kier alpha value is -1.15. The zero-order chi connectivity index (χ0) is 16.3. The minimum atomic E-state index is -3.57. The number of methoxy groups -OCH3 is 1. The number of hydrogen-bond donors (Lipinski definition) is 1. The average molecular weight is 363 g/mol. The van der Waals surface area contributed by atoms with Crippen LogP contribution in [0.15, 0.2) is 23.1 Å². The number of carbonyl (C=O) groups excluding carboxylic acids is 1. The molecule has 0 aromatic heterocycles. The fourth-order valence-corrected chi connectivity index (χ4v) is 4.32. The summed E-state index contributed by atoms with van der Waals surface area (Å²) in [5.41, 5.74) is 0.896. The number of ether oxygens (including phenoxy) is 1. The summed E-state index contributed by atoms with van der Waals surface area (Å²) in [7, 11) is -0.642. The number of carbonyl (C=O) groups is 1. The molecule has 6 nitrogen and oxygen atoms in total. The number of piperidine rings is 1. The maximum Gasteiger partial charge on any atom is 0.337 e. The van der Waals surface area contributed by atoms with Crippen LogP contribution in [0.3, 0.4) is 0 Å². The number of halogens is 1. The molecule has 1 aliphatic heterocycles. The van der Waals surface area contributed by atoms with Crippen LogP contribution in [-0.4, -0.2) is 52.0 Å². The molecule has 1 heterocycles. The second-order valence-corrected chi connectivity index (χ2v) is 7.44. The van der Waals surface area contributed by atoms with Crippen molar-refractivity contribution in [3.05, 3.63) is 29.3 Å². The van der Waals surface area contributed by atoms with Crippen LogP contribution in [0.5, 0.6) is 0 Å². The lowest BCUT2D eigenvalue weighted by molar-refractivity contribution is 0.0600. The summed E-state index contributed by atoms with van der Waals surface area (Å²) >= 11 is 0. The van der Waals surface area contributed by atoms with Gasteiger partial charge in [-0.05, 0) is 56.6 Å². The van der Waals surface area contributed by atoms with Crippen LogP contribution in [0.25, 0.3) is 0 Å². The van der Waals surface area contributed by atoms with Gasteiger partial charge in [0.15, 0.2) is 0 Å². The SMILES string of the molecule is COC(=O)c1ccc(S(=O)(=O)N(C)C2CCNCC2)c(C)c1.Cl. The number of esters is 1. The summed E-state index contributed by atoms with van der Waals surface area (Å²) in [6, 6.07) is 4.52. The first kappa shape index (κ1) is 19.9. The van der Waals surface area contributed by atoms with Crippen molar-refractivity contribution in [3.8, 4) is 0 Å². The van der Waals surface area contributed by atoms with E-state index in [9.17, 15) is 13.2 Å². The second-order valence-electron chi connectivity index (χ2n) is 5.47. The number of sulfonamides is 1. The van der Waals surface area contributed by atoms with Gasteiger partial charge in [0.2, 0.25) is 10.0 Å². The standard InChI is InChI=1S/C15H22N2O4S.ClH/c1-11-10-12(15(18)21-3)4-5-14(11)22(19,20)17(2)13-6-8-16-9-7-13;/h4-5,10,13,16H,6-9H2,1-3H3;1H. The molecule has 2 rings (SSSR count). The topological polar surface area (TPSA) is 75.7 Å². The van der Waals surface area contributed by atoms with Crippen LogP contribution in [0, 0.1) is 6.92 Å². The molecule has 0 radical (unpaired) electrons. The molecule has 0 bridgehead atoms. The van der Waals surface area contributed by atoms with E-state index in [0.29, 0.717) is 11.1 Å². The predicted molar refractivity (Wildman–Crippen MR) is 90.6 cm³/mol. The third-order valence-electron chi connectivity index (χ3n) is 4.08. The Morgan fingerprint density at radius 1 is 1.30 bits per heavy atom. The van der Waals surface area contributed by atoms with Crippen LogP contribution in [-0.2, 0) is 14.8 Å². The maximum atomic E-state index is 12.8. The molecule has 0 amide bonds. The molecule has 1 saturated heterocycles. The Morgan fingerprint density at radius 2 is 1.91 bits per heavy atom. The zero-order valence-electron chi connectivity index (χ0n) is 13.5. The molecule has 1 aromatic rings. The molecule has 1 N–H and O–H groups in total. The van der Waals surface area contributed by atoms with Crippen LogP contribution < -0.4 is 5.32 Å². The van der Waals surface area contributed by atoms with E-state index in [2.05, 4.69) is 10.1 Å². The molecule has 0 aliphatic carbocycles. The van der Waals surface area contributed by atoms with E-state index in [0.717, 1.165) is 25.9 Å². The Kier molecular flexibility index (Phi) is 7.01. The molecule has 23 heavy (non-hydrogen) atoms. The van der Waals surface area contributed by atoms with Crippen LogP contribution in [0.4, 0.5) is 0 Å². The van der Waals surface area contributed by atoms with E-state index in [4.69, 9.17) is 0 Å². The van der Waals surface area contributed by atoms with Crippen molar-refractivity contribution in [3.63, 3.8) is 0 Å². The largest absolute Gasteiger partial charge is 0.465 e. The van der Waals surface area contributed by atoms with E-state index in [1.54, 1.807) is 20.0 Å². The quantitative estimate of drug-likeness (QED) is 0.823. The van der Waals surface area contributed by atoms with Crippen LogP contribution >= 0.6 is 12.4 Å². The Labute approximate surface area is 143 Å². The molecule has 8 heteroatoms. The first-order valence-corrected chi connectivity index (χ1v) is 8.69. The van der Waals surface area contributed by atoms with E-state index in [-0.39, 0.29) is 23.3 Å². The third kappa shape index (κ3) is 4.23. The second kappa shape index (κ2) is 8.10. The number of hydrogen-bond acceptors (Lipinski definition) is 5. The van der Waals surface area contributed by atoms with Gasteiger partial charge in [0.25, 0.3) is 0 Å². The monoisotopic (exact) mass is 362 g/mol. The molecule has 130 valence electrons. The van der Waals surface area contributed by atoms with Gasteiger partial charge in [0.05, 0.1) is 17.6 Å². The molecular weight excluding hydrogens is 340 g/mol. The average Bonchev–Trinajstić information content (AvgIpc) is 2.53. The van der Waals surface area contributed by atoms with Crippen molar-refractivity contribution in [2.75, 3.05) is 27.2 Å². The number of rotatable bonds is 4. The summed E-state index contributed by atoms with van der Waals surface area (Å²) in [6.45, 7) is 3.34. The lowest BCUT2D eigenvalue weighted by Gasteiger charge is -2.31. The number of benzene rings is 1. The first-order valence-electron chi connectivity index (χ1n) is 7.25. The van der Waals surface area contributed by atoms with E-state index in [1.807, 2.05) is 0 Å². The lowest BCUT2D eigenvalue weighted by atomic mass is 10.1. The van der Waals surface area contributed by atoms with Gasteiger partial charge in [-0.1, -0.05) is 0 Å². The minimum Gasteiger partial charge on any atom is -0.465 e. The van der Waals surface area contributed by atoms with E-state index < -0.39 is 16.0 Å². The molecule has 1 aliphatic rings. The molecule has 0 saturated carbocycles. The normalized spacial score (nSPS) is 16.0. The zero-order valence-corrected chi connectivity index (χ0v) is 15.2. The van der Waals surface area contributed by atoms with Crippen LogP contribution in [0.2, 0.25) is 0 Å². The van der Waals surface area contributed by atoms with Gasteiger partial charge in [0, 0.05) is 13.1 Å². The molecule has 0 atom stereocenters. The van der Waals surface area contributed by atoms with Crippen molar-refractivity contribution < 1.29 is 17.9 Å². The van der Waals surface area contributed by atoms with Crippen LogP contribution in [0.1, 0.15) is 28.8 Å². The summed E-state index contributed by atoms with van der Waals surface area (Å²) in [4.78, 5) is 11.8.